The Balaban J connectivity index is 5.20. The van der Waals surface area contributed by atoms with E-state index in [0.29, 0.717) is 0 Å². The molecule has 13 nitrogen and oxygen atoms in total. The third-order valence-electron chi connectivity index (χ3n) is 2.80. The number of nitrogens with zero attached hydrogens (tertiary/aromatic N) is 2. The molecule has 0 fully saturated rings. The molecule has 148 valence electrons. The standard InChI is InChI=1S/C13H20N2O11/c16-9(17)3-14(4-10(18)19)1-8(26-7-13(24)25)2-15(5-11(20)21)6-12(22)23/h8H,1-7H2,(H,16,17)(H,18,19)(H,20,21)(H,22,23)(H,24,25). The number of carboxylic acids is 5. The normalized spacial score (nSPS) is 11.0. The molecule has 0 aliphatic heterocycles. The third kappa shape index (κ3) is 12.6. The van der Waals surface area contributed by atoms with E-state index in [4.69, 9.17) is 30.3 Å². The molecule has 26 heavy (non-hydrogen) atoms. The summed E-state index contributed by atoms with van der Waals surface area (Å²) in [6.45, 7) is -4.27. The predicted octanol–water partition coefficient (Wildman–Crippen LogP) is -2.60. The van der Waals surface area contributed by atoms with Gasteiger partial charge in [0.1, 0.15) is 6.61 Å². The van der Waals surface area contributed by atoms with E-state index < -0.39 is 68.7 Å². The van der Waals surface area contributed by atoms with E-state index in [-0.39, 0.29) is 13.1 Å². The maximum atomic E-state index is 10.8. The summed E-state index contributed by atoms with van der Waals surface area (Å²) in [6.07, 6.45) is -1.14. The maximum absolute atomic E-state index is 10.8. The molecule has 0 unspecified atom stereocenters. The van der Waals surface area contributed by atoms with Crippen LogP contribution in [0.5, 0.6) is 0 Å². The lowest BCUT2D eigenvalue weighted by Gasteiger charge is -2.28. The van der Waals surface area contributed by atoms with E-state index in [1.165, 1.54) is 0 Å². The molecule has 5 N–H and O–H groups in total. The van der Waals surface area contributed by atoms with Gasteiger partial charge in [0, 0.05) is 13.1 Å². The summed E-state index contributed by atoms with van der Waals surface area (Å²) < 4.78 is 5.04. The molecule has 0 saturated heterocycles. The zero-order valence-electron chi connectivity index (χ0n) is 13.6. The van der Waals surface area contributed by atoms with Crippen molar-refractivity contribution in [2.75, 3.05) is 45.9 Å². The monoisotopic (exact) mass is 380 g/mol. The molecule has 0 aromatic rings. The van der Waals surface area contributed by atoms with E-state index in [1.54, 1.807) is 0 Å². The lowest BCUT2D eigenvalue weighted by atomic mass is 10.2. The fourth-order valence-electron chi connectivity index (χ4n) is 2.06. The second-order valence-electron chi connectivity index (χ2n) is 5.24. The molecule has 0 rings (SSSR count). The van der Waals surface area contributed by atoms with Crippen molar-refractivity contribution < 1.29 is 54.2 Å². The highest BCUT2D eigenvalue weighted by molar-refractivity contribution is 5.73. The first kappa shape index (κ1) is 23.2. The van der Waals surface area contributed by atoms with Gasteiger partial charge >= 0.3 is 29.8 Å². The van der Waals surface area contributed by atoms with Crippen LogP contribution in [0, 0.1) is 0 Å². The molecule has 13 heteroatoms. The highest BCUT2D eigenvalue weighted by Crippen LogP contribution is 2.03. The van der Waals surface area contributed by atoms with Crippen LogP contribution in [-0.4, -0.2) is 117 Å². The van der Waals surface area contributed by atoms with Crippen molar-refractivity contribution in [1.29, 1.82) is 0 Å². The Kier molecular flexibility index (Phi) is 10.5. The minimum atomic E-state index is -1.36. The Bertz CT molecular complexity index is 466. The largest absolute Gasteiger partial charge is 0.480 e. The fourth-order valence-corrected chi connectivity index (χ4v) is 2.06. The number of carboxylic acid groups (broad SMARTS) is 5. The average Bonchev–Trinajstić information content (AvgIpc) is 2.41. The molecule has 0 bridgehead atoms. The summed E-state index contributed by atoms with van der Waals surface area (Å²) in [4.78, 5) is 55.8. The smallest absolute Gasteiger partial charge is 0.329 e. The van der Waals surface area contributed by atoms with Gasteiger partial charge in [0.15, 0.2) is 0 Å². The van der Waals surface area contributed by atoms with Crippen molar-refractivity contribution in [2.24, 2.45) is 0 Å². The summed E-state index contributed by atoms with van der Waals surface area (Å²) in [6, 6.07) is 0. The van der Waals surface area contributed by atoms with E-state index in [1.807, 2.05) is 0 Å². The fraction of sp³-hybridized carbons (Fsp3) is 0.615. The van der Waals surface area contributed by atoms with Crippen molar-refractivity contribution in [3.63, 3.8) is 0 Å². The van der Waals surface area contributed by atoms with Crippen LogP contribution in [0.1, 0.15) is 0 Å². The van der Waals surface area contributed by atoms with Gasteiger partial charge in [0.05, 0.1) is 32.3 Å². The maximum Gasteiger partial charge on any atom is 0.329 e. The lowest BCUT2D eigenvalue weighted by molar-refractivity contribution is -0.149. The molecule has 0 aromatic heterocycles. The summed E-state index contributed by atoms with van der Waals surface area (Å²) >= 11 is 0. The Morgan fingerprint density at radius 3 is 1.15 bits per heavy atom. The SMILES string of the molecule is O=C(O)COC(CN(CC(=O)O)CC(=O)O)CN(CC(=O)O)CC(=O)O. The Morgan fingerprint density at radius 1 is 0.615 bits per heavy atom. The van der Waals surface area contributed by atoms with Crippen molar-refractivity contribution >= 4 is 29.8 Å². The van der Waals surface area contributed by atoms with Gasteiger partial charge in [0.25, 0.3) is 0 Å². The molecule has 0 atom stereocenters. The van der Waals surface area contributed by atoms with E-state index in [0.717, 1.165) is 9.80 Å². The minimum absolute atomic E-state index is 0.360. The van der Waals surface area contributed by atoms with Crippen molar-refractivity contribution in [3.05, 3.63) is 0 Å². The molecule has 0 saturated carbocycles. The zero-order chi connectivity index (χ0) is 20.3. The van der Waals surface area contributed by atoms with Crippen molar-refractivity contribution in [2.45, 2.75) is 6.10 Å². The lowest BCUT2D eigenvalue weighted by Crippen LogP contribution is -2.47. The van der Waals surface area contributed by atoms with Crippen molar-refractivity contribution in [3.8, 4) is 0 Å². The van der Waals surface area contributed by atoms with Crippen LogP contribution < -0.4 is 0 Å². The second kappa shape index (κ2) is 11.7. The molecule has 0 amide bonds. The highest BCUT2D eigenvalue weighted by atomic mass is 16.5. The number of aliphatic carboxylic acids is 5. The number of rotatable bonds is 15. The van der Waals surface area contributed by atoms with E-state index >= 15 is 0 Å². The van der Waals surface area contributed by atoms with Crippen LogP contribution in [0.2, 0.25) is 0 Å². The van der Waals surface area contributed by atoms with Crippen LogP contribution in [-0.2, 0) is 28.7 Å². The molecule has 0 spiro atoms. The quantitative estimate of drug-likeness (QED) is 0.198. The van der Waals surface area contributed by atoms with Crippen LogP contribution in [0.4, 0.5) is 0 Å². The predicted molar refractivity (Wildman–Crippen MR) is 80.8 cm³/mol. The minimum Gasteiger partial charge on any atom is -0.480 e. The molecule has 0 aromatic carbocycles. The Labute approximate surface area is 147 Å². The van der Waals surface area contributed by atoms with Gasteiger partial charge in [-0.3, -0.25) is 29.0 Å². The van der Waals surface area contributed by atoms with Gasteiger partial charge in [0.2, 0.25) is 0 Å². The van der Waals surface area contributed by atoms with Crippen LogP contribution in [0.3, 0.4) is 0 Å². The van der Waals surface area contributed by atoms with Crippen LogP contribution in [0.25, 0.3) is 0 Å². The highest BCUT2D eigenvalue weighted by Gasteiger charge is 2.24. The van der Waals surface area contributed by atoms with Crippen molar-refractivity contribution in [1.82, 2.24) is 9.80 Å². The molecular formula is C13H20N2O11. The summed E-state index contributed by atoms with van der Waals surface area (Å²) in [5.74, 6) is -6.71. The summed E-state index contributed by atoms with van der Waals surface area (Å²) in [5, 5.41) is 43.9. The Hall–Kier alpha value is -2.77. The van der Waals surface area contributed by atoms with Gasteiger partial charge in [-0.2, -0.15) is 0 Å². The van der Waals surface area contributed by atoms with Gasteiger partial charge in [-0.25, -0.2) is 4.79 Å². The number of hydrogen-bond acceptors (Lipinski definition) is 8. The van der Waals surface area contributed by atoms with Gasteiger partial charge in [-0.05, 0) is 0 Å². The second-order valence-corrected chi connectivity index (χ2v) is 5.24. The molecule has 0 aliphatic carbocycles. The third-order valence-corrected chi connectivity index (χ3v) is 2.80. The van der Waals surface area contributed by atoms with E-state index in [9.17, 15) is 24.0 Å². The molecular weight excluding hydrogens is 360 g/mol. The first-order valence-corrected chi connectivity index (χ1v) is 7.14. The summed E-state index contributed by atoms with van der Waals surface area (Å²) in [7, 11) is 0. The first-order chi connectivity index (χ1) is 12.0. The summed E-state index contributed by atoms with van der Waals surface area (Å²) in [5.41, 5.74) is 0. The van der Waals surface area contributed by atoms with Crippen LogP contribution >= 0.6 is 0 Å². The topological polar surface area (TPSA) is 202 Å². The number of carbonyl (C=O) groups is 5. The van der Waals surface area contributed by atoms with Gasteiger partial charge < -0.3 is 30.3 Å². The Morgan fingerprint density at radius 2 is 0.923 bits per heavy atom. The molecule has 0 aliphatic rings. The van der Waals surface area contributed by atoms with E-state index in [2.05, 4.69) is 0 Å². The van der Waals surface area contributed by atoms with Gasteiger partial charge in [-0.15, -0.1) is 0 Å². The zero-order valence-corrected chi connectivity index (χ0v) is 13.6. The first-order valence-electron chi connectivity index (χ1n) is 7.14. The van der Waals surface area contributed by atoms with Gasteiger partial charge in [-0.1, -0.05) is 0 Å². The number of hydrogen-bond donors (Lipinski definition) is 5. The number of ether oxygens (including phenoxy) is 1. The average molecular weight is 380 g/mol. The molecule has 0 heterocycles. The molecule has 0 radical (unpaired) electrons. The van der Waals surface area contributed by atoms with Crippen LogP contribution in [0.15, 0.2) is 0 Å².